The Morgan fingerprint density at radius 3 is 3.07 bits per heavy atom. The molecule has 1 aromatic rings. The first-order chi connectivity index (χ1) is 6.85. The molecule has 0 spiro atoms. The highest BCUT2D eigenvalue weighted by Crippen LogP contribution is 2.26. The van der Waals surface area contributed by atoms with Crippen molar-refractivity contribution < 1.29 is 4.79 Å². The highest BCUT2D eigenvalue weighted by Gasteiger charge is 2.27. The van der Waals surface area contributed by atoms with E-state index < -0.39 is 0 Å². The topological polar surface area (TPSA) is 33.2 Å². The van der Waals surface area contributed by atoms with E-state index in [2.05, 4.69) is 16.8 Å². The van der Waals surface area contributed by atoms with Crippen molar-refractivity contribution in [2.75, 3.05) is 18.0 Å². The molecule has 1 aliphatic heterocycles. The predicted molar refractivity (Wildman–Crippen MR) is 55.6 cm³/mol. The quantitative estimate of drug-likeness (QED) is 0.681. The van der Waals surface area contributed by atoms with Gasteiger partial charge in [-0.3, -0.25) is 4.79 Å². The van der Waals surface area contributed by atoms with Crippen LogP contribution in [0.4, 0.5) is 5.82 Å². The summed E-state index contributed by atoms with van der Waals surface area (Å²) in [7, 11) is 0. The van der Waals surface area contributed by atoms with Crippen molar-refractivity contribution >= 4 is 12.1 Å². The fraction of sp³-hybridized carbons (Fsp3) is 0.455. The van der Waals surface area contributed by atoms with Gasteiger partial charge in [0.25, 0.3) is 0 Å². The number of aldehydes is 1. The number of rotatable bonds is 3. The minimum Gasteiger partial charge on any atom is -0.355 e. The largest absolute Gasteiger partial charge is 0.355 e. The summed E-state index contributed by atoms with van der Waals surface area (Å²) in [5.74, 6) is 1.61. The van der Waals surface area contributed by atoms with E-state index >= 15 is 0 Å². The monoisotopic (exact) mass is 190 g/mol. The third-order valence-corrected chi connectivity index (χ3v) is 2.78. The van der Waals surface area contributed by atoms with Crippen LogP contribution in [0.3, 0.4) is 0 Å². The Balaban J connectivity index is 2.13. The predicted octanol–water partition coefficient (Wildman–Crippen LogP) is 1.74. The molecular formula is C11H14N2O. The third kappa shape index (κ3) is 1.50. The molecule has 0 saturated carbocycles. The first-order valence-corrected chi connectivity index (χ1v) is 5.00. The Labute approximate surface area is 83.8 Å². The van der Waals surface area contributed by atoms with Gasteiger partial charge in [-0.2, -0.15) is 0 Å². The van der Waals surface area contributed by atoms with Gasteiger partial charge in [0.05, 0.1) is 5.56 Å². The lowest BCUT2D eigenvalue weighted by atomic mass is 9.97. The molecular weight excluding hydrogens is 176 g/mol. The fourth-order valence-electron chi connectivity index (χ4n) is 1.77. The van der Waals surface area contributed by atoms with Crippen LogP contribution in [0, 0.1) is 5.92 Å². The number of hydrogen-bond acceptors (Lipinski definition) is 3. The van der Waals surface area contributed by atoms with Crippen LogP contribution in [0.25, 0.3) is 0 Å². The molecule has 0 bridgehead atoms. The zero-order valence-corrected chi connectivity index (χ0v) is 8.31. The molecule has 1 fully saturated rings. The summed E-state index contributed by atoms with van der Waals surface area (Å²) in [6, 6.07) is 3.61. The lowest BCUT2D eigenvalue weighted by molar-refractivity contribution is 0.112. The van der Waals surface area contributed by atoms with Gasteiger partial charge >= 0.3 is 0 Å². The molecule has 0 aromatic carbocycles. The van der Waals surface area contributed by atoms with Gasteiger partial charge in [-0.1, -0.05) is 6.92 Å². The van der Waals surface area contributed by atoms with Crippen molar-refractivity contribution in [1.82, 2.24) is 4.98 Å². The normalized spacial score (nSPS) is 16.5. The van der Waals surface area contributed by atoms with Crippen LogP contribution >= 0.6 is 0 Å². The van der Waals surface area contributed by atoms with Crippen LogP contribution in [-0.2, 0) is 0 Å². The van der Waals surface area contributed by atoms with Crippen molar-refractivity contribution in [2.24, 2.45) is 5.92 Å². The van der Waals surface area contributed by atoms with Gasteiger partial charge in [-0.15, -0.1) is 0 Å². The molecule has 3 heteroatoms. The van der Waals surface area contributed by atoms with Crippen LogP contribution < -0.4 is 4.90 Å². The maximum atomic E-state index is 10.8. The zero-order chi connectivity index (χ0) is 9.97. The summed E-state index contributed by atoms with van der Waals surface area (Å²) < 4.78 is 0. The number of hydrogen-bond donors (Lipinski definition) is 0. The Hall–Kier alpha value is -1.38. The summed E-state index contributed by atoms with van der Waals surface area (Å²) in [6.45, 7) is 4.27. The van der Waals surface area contributed by atoms with Crippen molar-refractivity contribution in [3.05, 3.63) is 23.9 Å². The van der Waals surface area contributed by atoms with Crippen molar-refractivity contribution in [3.63, 3.8) is 0 Å². The standard InChI is InChI=1S/C11H14N2O/c1-2-9-6-13(7-9)11-10(8-14)4-3-5-12-11/h3-5,8-9H,2,6-7H2,1H3. The van der Waals surface area contributed by atoms with Gasteiger partial charge in [0.15, 0.2) is 6.29 Å². The van der Waals surface area contributed by atoms with Gasteiger partial charge in [0.1, 0.15) is 5.82 Å². The summed E-state index contributed by atoms with van der Waals surface area (Å²) in [4.78, 5) is 17.2. The van der Waals surface area contributed by atoms with E-state index in [1.807, 2.05) is 6.07 Å². The van der Waals surface area contributed by atoms with Gasteiger partial charge < -0.3 is 4.90 Å². The van der Waals surface area contributed by atoms with Gasteiger partial charge in [0.2, 0.25) is 0 Å². The van der Waals surface area contributed by atoms with Crippen LogP contribution in [0.2, 0.25) is 0 Å². The molecule has 3 nitrogen and oxygen atoms in total. The number of anilines is 1. The SMILES string of the molecule is CCC1CN(c2ncccc2C=O)C1. The summed E-state index contributed by atoms with van der Waals surface area (Å²) in [6.07, 6.45) is 3.82. The summed E-state index contributed by atoms with van der Waals surface area (Å²) >= 11 is 0. The summed E-state index contributed by atoms with van der Waals surface area (Å²) in [5, 5.41) is 0. The average molecular weight is 190 g/mol. The molecule has 74 valence electrons. The van der Waals surface area contributed by atoms with E-state index in [1.54, 1.807) is 12.3 Å². The van der Waals surface area contributed by atoms with Crippen LogP contribution in [0.5, 0.6) is 0 Å². The van der Waals surface area contributed by atoms with Gasteiger partial charge in [-0.25, -0.2) is 4.98 Å². The number of aromatic nitrogens is 1. The molecule has 0 N–H and O–H groups in total. The molecule has 14 heavy (non-hydrogen) atoms. The van der Waals surface area contributed by atoms with Gasteiger partial charge in [-0.05, 0) is 24.5 Å². The van der Waals surface area contributed by atoms with Crippen LogP contribution in [0.1, 0.15) is 23.7 Å². The fourth-order valence-corrected chi connectivity index (χ4v) is 1.77. The van der Waals surface area contributed by atoms with Gasteiger partial charge in [0, 0.05) is 19.3 Å². The maximum absolute atomic E-state index is 10.8. The molecule has 0 atom stereocenters. The molecule has 1 saturated heterocycles. The van der Waals surface area contributed by atoms with E-state index in [1.165, 1.54) is 6.42 Å². The van der Waals surface area contributed by atoms with Crippen LogP contribution in [0.15, 0.2) is 18.3 Å². The average Bonchev–Trinajstić information content (AvgIpc) is 2.17. The molecule has 0 amide bonds. The first-order valence-electron chi connectivity index (χ1n) is 5.00. The van der Waals surface area contributed by atoms with Crippen molar-refractivity contribution in [3.8, 4) is 0 Å². The lowest BCUT2D eigenvalue weighted by Crippen LogP contribution is -2.47. The first kappa shape index (κ1) is 9.19. The number of pyridine rings is 1. The Bertz CT molecular complexity index is 332. The molecule has 0 radical (unpaired) electrons. The Morgan fingerprint density at radius 2 is 2.43 bits per heavy atom. The minimum absolute atomic E-state index is 0.696. The smallest absolute Gasteiger partial charge is 0.153 e. The third-order valence-electron chi connectivity index (χ3n) is 2.78. The second kappa shape index (κ2) is 3.78. The second-order valence-electron chi connectivity index (χ2n) is 3.71. The Kier molecular flexibility index (Phi) is 2.48. The molecule has 1 aromatic heterocycles. The molecule has 2 rings (SSSR count). The molecule has 1 aliphatic rings. The van der Waals surface area contributed by atoms with E-state index in [4.69, 9.17) is 0 Å². The number of carbonyl (C=O) groups excluding carboxylic acids is 1. The lowest BCUT2D eigenvalue weighted by Gasteiger charge is -2.40. The molecule has 0 unspecified atom stereocenters. The molecule has 0 aliphatic carbocycles. The van der Waals surface area contributed by atoms with Crippen molar-refractivity contribution in [2.45, 2.75) is 13.3 Å². The highest BCUT2D eigenvalue weighted by molar-refractivity contribution is 5.82. The second-order valence-corrected chi connectivity index (χ2v) is 3.71. The summed E-state index contributed by atoms with van der Waals surface area (Å²) in [5.41, 5.74) is 0.696. The van der Waals surface area contributed by atoms with Crippen molar-refractivity contribution in [1.29, 1.82) is 0 Å². The minimum atomic E-state index is 0.696. The van der Waals surface area contributed by atoms with E-state index in [0.29, 0.717) is 5.56 Å². The van der Waals surface area contributed by atoms with E-state index in [0.717, 1.165) is 31.1 Å². The molecule has 2 heterocycles. The van der Waals surface area contributed by atoms with Crippen LogP contribution in [-0.4, -0.2) is 24.4 Å². The van der Waals surface area contributed by atoms with E-state index in [-0.39, 0.29) is 0 Å². The maximum Gasteiger partial charge on any atom is 0.153 e. The zero-order valence-electron chi connectivity index (χ0n) is 8.31. The Morgan fingerprint density at radius 1 is 1.64 bits per heavy atom. The highest BCUT2D eigenvalue weighted by atomic mass is 16.1. The number of nitrogens with zero attached hydrogens (tertiary/aromatic N) is 2. The number of carbonyl (C=O) groups is 1. The van der Waals surface area contributed by atoms with E-state index in [9.17, 15) is 4.79 Å².